The molecule has 1 aromatic heterocycles. The van der Waals surface area contributed by atoms with E-state index in [4.69, 9.17) is 4.74 Å². The monoisotopic (exact) mass is 235 g/mol. The Hall–Kier alpha value is -1.09. The molecule has 0 aromatic carbocycles. The van der Waals surface area contributed by atoms with Crippen LogP contribution >= 0.6 is 0 Å². The number of aliphatic hydroxyl groups excluding tert-OH is 1. The number of pyridine rings is 1. The molecule has 94 valence electrons. The lowest BCUT2D eigenvalue weighted by Crippen LogP contribution is -2.08. The summed E-state index contributed by atoms with van der Waals surface area (Å²) < 4.78 is 5.58. The number of aromatic nitrogens is 1. The van der Waals surface area contributed by atoms with E-state index < -0.39 is 6.10 Å². The van der Waals surface area contributed by atoms with Gasteiger partial charge in [-0.05, 0) is 37.7 Å². The first-order valence-corrected chi connectivity index (χ1v) is 6.20. The molecular formula is C14H21NO2. The van der Waals surface area contributed by atoms with E-state index >= 15 is 0 Å². The van der Waals surface area contributed by atoms with Crippen LogP contribution in [0.2, 0.25) is 0 Å². The van der Waals surface area contributed by atoms with Gasteiger partial charge in [0.15, 0.2) is 0 Å². The van der Waals surface area contributed by atoms with Gasteiger partial charge in [-0.15, -0.1) is 0 Å². The van der Waals surface area contributed by atoms with E-state index in [0.717, 1.165) is 17.7 Å². The molecule has 0 spiro atoms. The quantitative estimate of drug-likeness (QED) is 0.872. The van der Waals surface area contributed by atoms with Gasteiger partial charge in [-0.3, -0.25) is 4.98 Å². The van der Waals surface area contributed by atoms with Crippen LogP contribution in [0.15, 0.2) is 18.5 Å². The highest BCUT2D eigenvalue weighted by Crippen LogP contribution is 2.57. The van der Waals surface area contributed by atoms with Gasteiger partial charge < -0.3 is 9.84 Å². The topological polar surface area (TPSA) is 42.4 Å². The third-order valence-electron chi connectivity index (χ3n) is 3.42. The van der Waals surface area contributed by atoms with E-state index in [1.54, 1.807) is 12.4 Å². The van der Waals surface area contributed by atoms with Crippen LogP contribution < -0.4 is 4.74 Å². The van der Waals surface area contributed by atoms with Crippen molar-refractivity contribution in [1.29, 1.82) is 0 Å². The van der Waals surface area contributed by atoms with Gasteiger partial charge >= 0.3 is 0 Å². The van der Waals surface area contributed by atoms with Gasteiger partial charge in [-0.25, -0.2) is 0 Å². The molecule has 2 unspecified atom stereocenters. The molecule has 3 nitrogen and oxygen atoms in total. The fourth-order valence-electron chi connectivity index (χ4n) is 2.21. The third-order valence-corrected chi connectivity index (χ3v) is 3.42. The van der Waals surface area contributed by atoms with Crippen molar-refractivity contribution >= 4 is 0 Å². The van der Waals surface area contributed by atoms with E-state index in [9.17, 15) is 5.11 Å². The Bertz CT molecular complexity index is 401. The number of ether oxygens (including phenoxy) is 1. The minimum atomic E-state index is -0.423. The zero-order valence-electron chi connectivity index (χ0n) is 11.0. The lowest BCUT2D eigenvalue weighted by molar-refractivity contribution is 0.137. The molecule has 0 bridgehead atoms. The highest BCUT2D eigenvalue weighted by atomic mass is 16.5. The molecule has 0 saturated heterocycles. The zero-order chi connectivity index (χ0) is 12.6. The predicted molar refractivity (Wildman–Crippen MR) is 66.8 cm³/mol. The summed E-state index contributed by atoms with van der Waals surface area (Å²) in [6.45, 7) is 8.33. The van der Waals surface area contributed by atoms with Gasteiger partial charge in [0.2, 0.25) is 0 Å². The molecule has 0 aliphatic heterocycles. The third kappa shape index (κ3) is 2.78. The summed E-state index contributed by atoms with van der Waals surface area (Å²) in [6, 6.07) is 1.89. The van der Waals surface area contributed by atoms with E-state index in [2.05, 4.69) is 18.8 Å². The van der Waals surface area contributed by atoms with Crippen LogP contribution in [0.25, 0.3) is 0 Å². The largest absolute Gasteiger partial charge is 0.489 e. The van der Waals surface area contributed by atoms with Gasteiger partial charge in [0.25, 0.3) is 0 Å². The van der Waals surface area contributed by atoms with Crippen LogP contribution in [0.1, 0.15) is 45.8 Å². The highest BCUT2D eigenvalue weighted by molar-refractivity contribution is 5.27. The minimum absolute atomic E-state index is 0.126. The van der Waals surface area contributed by atoms with Crippen molar-refractivity contribution in [3.63, 3.8) is 0 Å². The first-order valence-electron chi connectivity index (χ1n) is 6.20. The van der Waals surface area contributed by atoms with E-state index in [1.807, 2.05) is 19.9 Å². The molecule has 0 radical (unpaired) electrons. The maximum Gasteiger partial charge on any atom is 0.138 e. The Balaban J connectivity index is 2.11. The van der Waals surface area contributed by atoms with Crippen LogP contribution in [0.4, 0.5) is 0 Å². The fraction of sp³-hybridized carbons (Fsp3) is 0.643. The molecule has 17 heavy (non-hydrogen) atoms. The van der Waals surface area contributed by atoms with Gasteiger partial charge in [-0.2, -0.15) is 0 Å². The summed E-state index contributed by atoms with van der Waals surface area (Å²) in [6.07, 6.45) is 4.19. The Morgan fingerprint density at radius 2 is 2.06 bits per heavy atom. The van der Waals surface area contributed by atoms with E-state index in [1.165, 1.54) is 0 Å². The average molecular weight is 235 g/mol. The smallest absolute Gasteiger partial charge is 0.138 e. The number of hydrogen-bond donors (Lipinski definition) is 1. The highest BCUT2D eigenvalue weighted by Gasteiger charge is 2.50. The first kappa shape index (κ1) is 12.4. The van der Waals surface area contributed by atoms with Crippen molar-refractivity contribution in [2.75, 3.05) is 0 Å². The molecule has 0 amide bonds. The molecule has 1 N–H and O–H groups in total. The summed E-state index contributed by atoms with van der Waals surface area (Å²) in [5.41, 5.74) is 1.12. The summed E-state index contributed by atoms with van der Waals surface area (Å²) in [5.74, 6) is 1.08. The fourth-order valence-corrected chi connectivity index (χ4v) is 2.21. The van der Waals surface area contributed by atoms with Crippen molar-refractivity contribution in [1.82, 2.24) is 4.98 Å². The normalized spacial score (nSPS) is 23.5. The van der Waals surface area contributed by atoms with Gasteiger partial charge in [0.1, 0.15) is 5.75 Å². The number of aliphatic hydroxyl groups is 1. The summed E-state index contributed by atoms with van der Waals surface area (Å²) in [7, 11) is 0. The molecule has 2 atom stereocenters. The van der Waals surface area contributed by atoms with Crippen LogP contribution in [0.3, 0.4) is 0 Å². The molecule has 2 rings (SSSR count). The van der Waals surface area contributed by atoms with Crippen LogP contribution in [-0.4, -0.2) is 16.2 Å². The standard InChI is InChI=1S/C14H21NO2/c1-9(2)17-11-5-10(7-15-8-11)13(16)12-6-14(12,3)4/h5,7-9,12-13,16H,6H2,1-4H3. The molecule has 3 heteroatoms. The maximum atomic E-state index is 10.3. The molecule has 1 saturated carbocycles. The summed E-state index contributed by atoms with van der Waals surface area (Å²) in [5, 5.41) is 10.3. The Kier molecular flexibility index (Phi) is 3.13. The van der Waals surface area contributed by atoms with Crippen molar-refractivity contribution < 1.29 is 9.84 Å². The molecular weight excluding hydrogens is 214 g/mol. The number of hydrogen-bond acceptors (Lipinski definition) is 3. The molecule has 1 aliphatic carbocycles. The zero-order valence-corrected chi connectivity index (χ0v) is 11.0. The second-order valence-electron chi connectivity index (χ2n) is 5.86. The van der Waals surface area contributed by atoms with Crippen molar-refractivity contribution in [3.05, 3.63) is 24.0 Å². The average Bonchev–Trinajstić information content (AvgIpc) is 2.86. The lowest BCUT2D eigenvalue weighted by atomic mass is 10.0. The molecule has 1 aromatic rings. The Morgan fingerprint density at radius 3 is 2.59 bits per heavy atom. The molecule has 1 heterocycles. The van der Waals surface area contributed by atoms with Crippen LogP contribution in [-0.2, 0) is 0 Å². The van der Waals surface area contributed by atoms with Gasteiger partial charge in [0.05, 0.1) is 18.4 Å². The lowest BCUT2D eigenvalue weighted by Gasteiger charge is -2.15. The number of rotatable bonds is 4. The number of nitrogens with zero attached hydrogens (tertiary/aromatic N) is 1. The minimum Gasteiger partial charge on any atom is -0.489 e. The van der Waals surface area contributed by atoms with Gasteiger partial charge in [-0.1, -0.05) is 13.8 Å². The van der Waals surface area contributed by atoms with Crippen molar-refractivity contribution in [2.24, 2.45) is 11.3 Å². The van der Waals surface area contributed by atoms with Crippen LogP contribution in [0, 0.1) is 11.3 Å². The summed E-state index contributed by atoms with van der Waals surface area (Å²) in [4.78, 5) is 4.13. The molecule has 1 aliphatic rings. The first-order chi connectivity index (χ1) is 7.90. The summed E-state index contributed by atoms with van der Waals surface area (Å²) >= 11 is 0. The van der Waals surface area contributed by atoms with Crippen molar-refractivity contribution in [2.45, 2.75) is 46.3 Å². The maximum absolute atomic E-state index is 10.3. The van der Waals surface area contributed by atoms with Crippen molar-refractivity contribution in [3.8, 4) is 5.75 Å². The molecule has 1 fully saturated rings. The second-order valence-corrected chi connectivity index (χ2v) is 5.86. The SMILES string of the molecule is CC(C)Oc1cncc(C(O)C2CC2(C)C)c1. The van der Waals surface area contributed by atoms with E-state index in [0.29, 0.717) is 5.92 Å². The van der Waals surface area contributed by atoms with Gasteiger partial charge in [0, 0.05) is 11.8 Å². The Morgan fingerprint density at radius 1 is 1.41 bits per heavy atom. The van der Waals surface area contributed by atoms with E-state index in [-0.39, 0.29) is 11.5 Å². The second kappa shape index (κ2) is 4.30. The van der Waals surface area contributed by atoms with Crippen LogP contribution in [0.5, 0.6) is 5.75 Å². The Labute approximate surface area is 103 Å². The predicted octanol–water partition coefficient (Wildman–Crippen LogP) is 2.95.